The minimum absolute atomic E-state index is 0.0327. The van der Waals surface area contributed by atoms with Gasteiger partial charge in [-0.2, -0.15) is 5.10 Å². The molecule has 4 rings (SSSR count). The lowest BCUT2D eigenvalue weighted by Gasteiger charge is -2.44. The summed E-state index contributed by atoms with van der Waals surface area (Å²) in [6, 6.07) is 13.0. The molecule has 3 heterocycles. The fourth-order valence-electron chi connectivity index (χ4n) is 4.29. The molecule has 26 heavy (non-hydrogen) atoms. The zero-order chi connectivity index (χ0) is 18.1. The van der Waals surface area contributed by atoms with E-state index in [1.54, 1.807) is 0 Å². The Balaban J connectivity index is 1.39. The number of amides is 1. The van der Waals surface area contributed by atoms with E-state index in [0.717, 1.165) is 44.7 Å². The van der Waals surface area contributed by atoms with E-state index in [-0.39, 0.29) is 6.04 Å². The second kappa shape index (κ2) is 7.23. The van der Waals surface area contributed by atoms with Crippen molar-refractivity contribution < 1.29 is 4.79 Å². The third-order valence-corrected chi connectivity index (χ3v) is 5.69. The third kappa shape index (κ3) is 3.40. The maximum Gasteiger partial charge on any atom is 0.240 e. The molecule has 0 aliphatic carbocycles. The lowest BCUT2D eigenvalue weighted by Crippen LogP contribution is -2.58. The van der Waals surface area contributed by atoms with Crippen LogP contribution in [0.3, 0.4) is 0 Å². The summed E-state index contributed by atoms with van der Waals surface area (Å²) in [5, 5.41) is 4.58. The number of benzene rings is 1. The summed E-state index contributed by atoms with van der Waals surface area (Å²) in [4.78, 5) is 17.5. The van der Waals surface area contributed by atoms with E-state index in [4.69, 9.17) is 0 Å². The molecule has 1 aromatic heterocycles. The SMILES string of the molecule is Cc1cc(C)n(C2CN(C(=O)C3CCCCN3Cc3ccccc3)C2)n1. The average Bonchev–Trinajstić information content (AvgIpc) is 2.93. The Bertz CT molecular complexity index is 764. The number of likely N-dealkylation sites (tertiary alicyclic amines) is 2. The van der Waals surface area contributed by atoms with E-state index in [0.29, 0.717) is 11.9 Å². The van der Waals surface area contributed by atoms with Crippen molar-refractivity contribution in [3.05, 3.63) is 53.3 Å². The van der Waals surface area contributed by atoms with Gasteiger partial charge in [0.25, 0.3) is 0 Å². The van der Waals surface area contributed by atoms with E-state index in [1.807, 2.05) is 17.9 Å². The Labute approximate surface area is 155 Å². The normalized spacial score (nSPS) is 21.6. The van der Waals surface area contributed by atoms with Gasteiger partial charge in [-0.25, -0.2) is 0 Å². The first kappa shape index (κ1) is 17.3. The molecule has 5 nitrogen and oxygen atoms in total. The van der Waals surface area contributed by atoms with Gasteiger partial charge in [0.05, 0.1) is 17.8 Å². The first-order valence-corrected chi connectivity index (χ1v) is 9.71. The number of hydrogen-bond donors (Lipinski definition) is 0. The smallest absolute Gasteiger partial charge is 0.240 e. The van der Waals surface area contributed by atoms with E-state index < -0.39 is 0 Å². The van der Waals surface area contributed by atoms with Gasteiger partial charge in [-0.15, -0.1) is 0 Å². The monoisotopic (exact) mass is 352 g/mol. The molecule has 1 amide bonds. The van der Waals surface area contributed by atoms with E-state index in [9.17, 15) is 4.79 Å². The second-order valence-corrected chi connectivity index (χ2v) is 7.74. The molecule has 5 heteroatoms. The Morgan fingerprint density at radius 3 is 2.62 bits per heavy atom. The molecule has 0 bridgehead atoms. The largest absolute Gasteiger partial charge is 0.337 e. The fourth-order valence-corrected chi connectivity index (χ4v) is 4.29. The van der Waals surface area contributed by atoms with Gasteiger partial charge in [0.2, 0.25) is 5.91 Å². The predicted molar refractivity (Wildman–Crippen MR) is 102 cm³/mol. The number of piperidine rings is 1. The maximum atomic E-state index is 13.1. The minimum Gasteiger partial charge on any atom is -0.337 e. The first-order chi connectivity index (χ1) is 12.6. The number of nitrogens with zero attached hydrogens (tertiary/aromatic N) is 4. The Kier molecular flexibility index (Phi) is 4.81. The molecule has 0 radical (unpaired) electrons. The number of carbonyl (C=O) groups excluding carboxylic acids is 1. The average molecular weight is 352 g/mol. The standard InChI is InChI=1S/C21H28N4O/c1-16-12-17(2)25(22-16)19-14-24(15-19)21(26)20-10-6-7-11-23(20)13-18-8-4-3-5-9-18/h3-5,8-9,12,19-20H,6-7,10-11,13-15H2,1-2H3. The summed E-state index contributed by atoms with van der Waals surface area (Å²) in [6.45, 7) is 7.57. The summed E-state index contributed by atoms with van der Waals surface area (Å²) < 4.78 is 2.09. The van der Waals surface area contributed by atoms with Crippen LogP contribution in [-0.4, -0.2) is 51.2 Å². The van der Waals surface area contributed by atoms with Crippen LogP contribution in [0.1, 0.15) is 42.3 Å². The second-order valence-electron chi connectivity index (χ2n) is 7.74. The maximum absolute atomic E-state index is 13.1. The molecular weight excluding hydrogens is 324 g/mol. The molecule has 1 atom stereocenters. The van der Waals surface area contributed by atoms with Crippen LogP contribution in [0, 0.1) is 13.8 Å². The molecule has 2 aliphatic heterocycles. The first-order valence-electron chi connectivity index (χ1n) is 9.71. The molecule has 0 saturated carbocycles. The van der Waals surface area contributed by atoms with Crippen molar-refractivity contribution in [3.8, 4) is 0 Å². The molecule has 2 saturated heterocycles. The molecule has 2 aliphatic rings. The molecule has 0 N–H and O–H groups in total. The summed E-state index contributed by atoms with van der Waals surface area (Å²) in [5.74, 6) is 0.304. The van der Waals surface area contributed by atoms with Gasteiger partial charge < -0.3 is 4.90 Å². The van der Waals surface area contributed by atoms with Crippen LogP contribution in [0.25, 0.3) is 0 Å². The van der Waals surface area contributed by atoms with Gasteiger partial charge in [-0.05, 0) is 44.9 Å². The molecule has 1 unspecified atom stereocenters. The van der Waals surface area contributed by atoms with Crippen molar-refractivity contribution >= 4 is 5.91 Å². The predicted octanol–water partition coefficient (Wildman–Crippen LogP) is 2.94. The van der Waals surface area contributed by atoms with Gasteiger partial charge in [0, 0.05) is 25.3 Å². The van der Waals surface area contributed by atoms with Crippen molar-refractivity contribution in [3.63, 3.8) is 0 Å². The van der Waals surface area contributed by atoms with E-state index >= 15 is 0 Å². The van der Waals surface area contributed by atoms with Gasteiger partial charge in [0.15, 0.2) is 0 Å². The van der Waals surface area contributed by atoms with Crippen LogP contribution >= 0.6 is 0 Å². The lowest BCUT2D eigenvalue weighted by molar-refractivity contribution is -0.144. The van der Waals surface area contributed by atoms with Gasteiger partial charge >= 0.3 is 0 Å². The fraction of sp³-hybridized carbons (Fsp3) is 0.524. The van der Waals surface area contributed by atoms with Crippen molar-refractivity contribution in [1.29, 1.82) is 0 Å². The third-order valence-electron chi connectivity index (χ3n) is 5.69. The molecule has 0 spiro atoms. The van der Waals surface area contributed by atoms with Crippen molar-refractivity contribution in [1.82, 2.24) is 19.6 Å². The van der Waals surface area contributed by atoms with Crippen LogP contribution in [0.5, 0.6) is 0 Å². The van der Waals surface area contributed by atoms with E-state index in [2.05, 4.69) is 51.9 Å². The lowest BCUT2D eigenvalue weighted by atomic mass is 9.97. The topological polar surface area (TPSA) is 41.4 Å². The highest BCUT2D eigenvalue weighted by Crippen LogP contribution is 2.27. The zero-order valence-electron chi connectivity index (χ0n) is 15.8. The Morgan fingerprint density at radius 1 is 1.15 bits per heavy atom. The molecule has 2 fully saturated rings. The van der Waals surface area contributed by atoms with Crippen LogP contribution in [-0.2, 0) is 11.3 Å². The number of hydrogen-bond acceptors (Lipinski definition) is 3. The highest BCUT2D eigenvalue weighted by atomic mass is 16.2. The van der Waals surface area contributed by atoms with Gasteiger partial charge in [-0.1, -0.05) is 36.8 Å². The van der Waals surface area contributed by atoms with Crippen molar-refractivity contribution in [2.75, 3.05) is 19.6 Å². The minimum atomic E-state index is 0.0327. The van der Waals surface area contributed by atoms with Crippen LogP contribution in [0.2, 0.25) is 0 Å². The number of aryl methyl sites for hydroxylation is 2. The number of aromatic nitrogens is 2. The number of rotatable bonds is 4. The van der Waals surface area contributed by atoms with Crippen LogP contribution in [0.4, 0.5) is 0 Å². The van der Waals surface area contributed by atoms with Crippen LogP contribution in [0.15, 0.2) is 36.4 Å². The summed E-state index contributed by atoms with van der Waals surface area (Å²) in [7, 11) is 0. The van der Waals surface area contributed by atoms with E-state index in [1.165, 1.54) is 17.7 Å². The molecule has 2 aromatic rings. The summed E-state index contributed by atoms with van der Waals surface area (Å²) in [6.07, 6.45) is 3.31. The van der Waals surface area contributed by atoms with Gasteiger partial charge in [0.1, 0.15) is 0 Å². The van der Waals surface area contributed by atoms with Crippen LogP contribution < -0.4 is 0 Å². The molecule has 138 valence electrons. The molecular formula is C21H28N4O. The Hall–Kier alpha value is -2.14. The quantitative estimate of drug-likeness (QED) is 0.849. The zero-order valence-corrected chi connectivity index (χ0v) is 15.8. The summed E-state index contributed by atoms with van der Waals surface area (Å²) >= 11 is 0. The Morgan fingerprint density at radius 2 is 1.92 bits per heavy atom. The highest BCUT2D eigenvalue weighted by molar-refractivity contribution is 5.82. The van der Waals surface area contributed by atoms with Crippen molar-refractivity contribution in [2.24, 2.45) is 0 Å². The molecule has 1 aromatic carbocycles. The van der Waals surface area contributed by atoms with Crippen molar-refractivity contribution in [2.45, 2.75) is 51.7 Å². The highest BCUT2D eigenvalue weighted by Gasteiger charge is 2.39. The number of carbonyl (C=O) groups is 1. The summed E-state index contributed by atoms with van der Waals surface area (Å²) in [5.41, 5.74) is 3.52. The van der Waals surface area contributed by atoms with Gasteiger partial charge in [-0.3, -0.25) is 14.4 Å².